The van der Waals surface area contributed by atoms with Crippen LogP contribution in [0.25, 0.3) is 0 Å². The number of aromatic nitrogens is 4. The SMILES string of the molecule is CCC(CNc1nnc(Cc2cccc(OC)c2)c(=O)[nH]1)c1csc(N(CC(F)(F)F)C(=N)N)n1. The second-order valence-electron chi connectivity index (χ2n) is 7.61. The van der Waals surface area contributed by atoms with Crippen LogP contribution in [-0.4, -0.2) is 52.5 Å². The number of ether oxygens (including phenoxy) is 1. The molecular formula is C21H25F3N8O2S. The van der Waals surface area contributed by atoms with Crippen molar-refractivity contribution in [3.63, 3.8) is 0 Å². The fraction of sp³-hybridized carbons (Fsp3) is 0.381. The number of alkyl halides is 3. The van der Waals surface area contributed by atoms with E-state index in [4.69, 9.17) is 15.9 Å². The Hall–Kier alpha value is -3.68. The molecule has 2 aromatic heterocycles. The third kappa shape index (κ3) is 7.15. The van der Waals surface area contributed by atoms with Crippen LogP contribution in [0.2, 0.25) is 0 Å². The molecule has 0 radical (unpaired) electrons. The number of anilines is 2. The molecule has 0 spiro atoms. The molecule has 188 valence electrons. The minimum Gasteiger partial charge on any atom is -0.497 e. The van der Waals surface area contributed by atoms with Crippen LogP contribution >= 0.6 is 11.3 Å². The van der Waals surface area contributed by atoms with Gasteiger partial charge >= 0.3 is 6.18 Å². The summed E-state index contributed by atoms with van der Waals surface area (Å²) in [6.07, 6.45) is -3.64. The normalized spacial score (nSPS) is 12.3. The molecule has 1 unspecified atom stereocenters. The van der Waals surface area contributed by atoms with E-state index < -0.39 is 24.2 Å². The molecule has 0 saturated carbocycles. The molecule has 0 aliphatic heterocycles. The zero-order chi connectivity index (χ0) is 25.6. The Morgan fingerprint density at radius 2 is 2.14 bits per heavy atom. The van der Waals surface area contributed by atoms with Gasteiger partial charge in [-0.05, 0) is 24.1 Å². The Kier molecular flexibility index (Phi) is 8.27. The molecule has 1 atom stereocenters. The van der Waals surface area contributed by atoms with Crippen molar-refractivity contribution in [1.82, 2.24) is 20.2 Å². The summed E-state index contributed by atoms with van der Waals surface area (Å²) in [5, 5.41) is 20.1. The molecule has 3 aromatic rings. The van der Waals surface area contributed by atoms with Crippen molar-refractivity contribution in [1.29, 1.82) is 5.41 Å². The van der Waals surface area contributed by atoms with E-state index in [2.05, 4.69) is 25.5 Å². The highest BCUT2D eigenvalue weighted by molar-refractivity contribution is 7.14. The lowest BCUT2D eigenvalue weighted by atomic mass is 10.0. The summed E-state index contributed by atoms with van der Waals surface area (Å²) in [5.74, 6) is -0.0933. The van der Waals surface area contributed by atoms with Crippen molar-refractivity contribution in [3.8, 4) is 5.75 Å². The first-order valence-corrected chi connectivity index (χ1v) is 11.4. The molecular weight excluding hydrogens is 485 g/mol. The maximum atomic E-state index is 12.8. The third-order valence-electron chi connectivity index (χ3n) is 5.07. The van der Waals surface area contributed by atoms with Gasteiger partial charge in [0.1, 0.15) is 18.0 Å². The predicted octanol–water partition coefficient (Wildman–Crippen LogP) is 3.09. The maximum Gasteiger partial charge on any atom is 0.406 e. The van der Waals surface area contributed by atoms with Gasteiger partial charge < -0.3 is 15.8 Å². The summed E-state index contributed by atoms with van der Waals surface area (Å²) in [4.78, 5) is 20.0. The molecule has 0 saturated heterocycles. The van der Waals surface area contributed by atoms with Crippen molar-refractivity contribution in [2.75, 3.05) is 30.4 Å². The molecule has 0 aliphatic carbocycles. The maximum absolute atomic E-state index is 12.8. The fourth-order valence-corrected chi connectivity index (χ4v) is 4.15. The Bertz CT molecular complexity index is 1210. The van der Waals surface area contributed by atoms with Crippen molar-refractivity contribution < 1.29 is 17.9 Å². The monoisotopic (exact) mass is 510 g/mol. The lowest BCUT2D eigenvalue weighted by molar-refractivity contribution is -0.118. The van der Waals surface area contributed by atoms with Crippen LogP contribution in [0.5, 0.6) is 5.75 Å². The van der Waals surface area contributed by atoms with Crippen LogP contribution in [0.1, 0.15) is 36.2 Å². The van der Waals surface area contributed by atoms with E-state index in [9.17, 15) is 18.0 Å². The molecule has 3 rings (SSSR count). The van der Waals surface area contributed by atoms with Gasteiger partial charge in [-0.1, -0.05) is 19.1 Å². The first kappa shape index (κ1) is 25.9. The Morgan fingerprint density at radius 3 is 2.77 bits per heavy atom. The number of nitrogens with zero attached hydrogens (tertiary/aromatic N) is 4. The molecule has 0 aliphatic rings. The number of methoxy groups -OCH3 is 1. The molecule has 2 heterocycles. The summed E-state index contributed by atoms with van der Waals surface area (Å²) < 4.78 is 43.7. The van der Waals surface area contributed by atoms with Gasteiger partial charge in [0, 0.05) is 24.3 Å². The van der Waals surface area contributed by atoms with Crippen molar-refractivity contribution in [2.45, 2.75) is 31.9 Å². The molecule has 0 fully saturated rings. The predicted molar refractivity (Wildman–Crippen MR) is 127 cm³/mol. The summed E-state index contributed by atoms with van der Waals surface area (Å²) in [5.41, 5.74) is 6.57. The minimum absolute atomic E-state index is 0.0154. The minimum atomic E-state index is -4.54. The van der Waals surface area contributed by atoms with E-state index in [1.807, 2.05) is 25.1 Å². The number of benzene rings is 1. The number of rotatable bonds is 10. The van der Waals surface area contributed by atoms with Gasteiger partial charge in [-0.25, -0.2) is 4.98 Å². The number of thiazole rings is 1. The smallest absolute Gasteiger partial charge is 0.406 e. The number of aromatic amines is 1. The van der Waals surface area contributed by atoms with Gasteiger partial charge in [0.15, 0.2) is 11.1 Å². The molecule has 5 N–H and O–H groups in total. The average Bonchev–Trinajstić information content (AvgIpc) is 3.28. The van der Waals surface area contributed by atoms with Gasteiger partial charge in [0.2, 0.25) is 5.95 Å². The number of nitrogens with one attached hydrogen (secondary N) is 3. The summed E-state index contributed by atoms with van der Waals surface area (Å²) in [6, 6.07) is 7.28. The summed E-state index contributed by atoms with van der Waals surface area (Å²) >= 11 is 0.971. The Balaban J connectivity index is 1.67. The number of hydrogen-bond acceptors (Lipinski definition) is 8. The van der Waals surface area contributed by atoms with E-state index in [1.165, 1.54) is 0 Å². The lowest BCUT2D eigenvalue weighted by Gasteiger charge is -2.21. The number of guanidine groups is 1. The standard InChI is InChI=1S/C21H25F3N8O2S/c1-3-13(16-10-35-20(28-16)32(18(25)26)11-21(22,23)24)9-27-19-29-17(33)15(30-31-19)8-12-5-4-6-14(7-12)34-2/h4-7,10,13H,3,8-9,11H2,1-2H3,(H3,25,26)(H2,27,29,31,33). The fourth-order valence-electron chi connectivity index (χ4n) is 3.23. The average molecular weight is 511 g/mol. The highest BCUT2D eigenvalue weighted by atomic mass is 32.1. The third-order valence-corrected chi connectivity index (χ3v) is 5.95. The number of halogens is 3. The number of H-pyrrole nitrogens is 1. The van der Waals surface area contributed by atoms with Gasteiger partial charge in [0.25, 0.3) is 5.56 Å². The van der Waals surface area contributed by atoms with Crippen LogP contribution < -0.4 is 26.2 Å². The highest BCUT2D eigenvalue weighted by Crippen LogP contribution is 2.29. The molecule has 0 bridgehead atoms. The molecule has 1 aromatic carbocycles. The van der Waals surface area contributed by atoms with Gasteiger partial charge in [0.05, 0.1) is 12.8 Å². The largest absolute Gasteiger partial charge is 0.497 e. The van der Waals surface area contributed by atoms with E-state index in [1.54, 1.807) is 18.6 Å². The van der Waals surface area contributed by atoms with Crippen LogP contribution in [-0.2, 0) is 6.42 Å². The second kappa shape index (κ2) is 11.2. The highest BCUT2D eigenvalue weighted by Gasteiger charge is 2.33. The zero-order valence-electron chi connectivity index (χ0n) is 19.0. The van der Waals surface area contributed by atoms with Crippen molar-refractivity contribution >= 4 is 28.4 Å². The van der Waals surface area contributed by atoms with Crippen molar-refractivity contribution in [2.24, 2.45) is 5.73 Å². The zero-order valence-corrected chi connectivity index (χ0v) is 19.8. The first-order chi connectivity index (χ1) is 16.6. The Labute approximate surface area is 202 Å². The molecule has 0 amide bonds. The summed E-state index contributed by atoms with van der Waals surface area (Å²) in [6.45, 7) is 0.803. The topological polar surface area (TPSA) is 146 Å². The van der Waals surface area contributed by atoms with Crippen molar-refractivity contribution in [3.05, 3.63) is 57.0 Å². The van der Waals surface area contributed by atoms with Gasteiger partial charge in [-0.15, -0.1) is 21.5 Å². The van der Waals surface area contributed by atoms with Gasteiger partial charge in [-0.2, -0.15) is 13.2 Å². The van der Waals surface area contributed by atoms with Crippen LogP contribution in [0.15, 0.2) is 34.4 Å². The van der Waals surface area contributed by atoms with E-state index >= 15 is 0 Å². The number of hydrogen-bond donors (Lipinski definition) is 4. The van der Waals surface area contributed by atoms with Crippen LogP contribution in [0, 0.1) is 5.41 Å². The quantitative estimate of drug-likeness (QED) is 0.240. The van der Waals surface area contributed by atoms with Crippen LogP contribution in [0.3, 0.4) is 0 Å². The first-order valence-electron chi connectivity index (χ1n) is 10.6. The van der Waals surface area contributed by atoms with E-state index in [-0.39, 0.29) is 29.1 Å². The number of nitrogens with two attached hydrogens (primary N) is 1. The molecule has 35 heavy (non-hydrogen) atoms. The van der Waals surface area contributed by atoms with Crippen LogP contribution in [0.4, 0.5) is 24.3 Å². The summed E-state index contributed by atoms with van der Waals surface area (Å²) in [7, 11) is 1.56. The molecule has 14 heteroatoms. The second-order valence-corrected chi connectivity index (χ2v) is 8.44. The Morgan fingerprint density at radius 1 is 1.37 bits per heavy atom. The van der Waals surface area contributed by atoms with Gasteiger partial charge in [-0.3, -0.25) is 20.1 Å². The lowest BCUT2D eigenvalue weighted by Crippen LogP contribution is -2.42. The van der Waals surface area contributed by atoms with E-state index in [0.29, 0.717) is 29.3 Å². The molecule has 10 nitrogen and oxygen atoms in total. The van der Waals surface area contributed by atoms with E-state index in [0.717, 1.165) is 16.9 Å².